The minimum absolute atomic E-state index is 0.376. The number of allylic oxidation sites excluding steroid dienone is 4. The summed E-state index contributed by atoms with van der Waals surface area (Å²) in [5, 5.41) is 3.07. The van der Waals surface area contributed by atoms with Gasteiger partial charge in [-0.3, -0.25) is 0 Å². The van der Waals surface area contributed by atoms with Gasteiger partial charge >= 0.3 is 5.97 Å². The Labute approximate surface area is 100 Å². The fourth-order valence-electron chi connectivity index (χ4n) is 1.55. The van der Waals surface area contributed by atoms with E-state index in [2.05, 4.69) is 5.32 Å². The van der Waals surface area contributed by atoms with E-state index in [0.29, 0.717) is 5.70 Å². The van der Waals surface area contributed by atoms with E-state index in [1.54, 1.807) is 12.2 Å². The highest BCUT2D eigenvalue weighted by atomic mass is 16.5. The first kappa shape index (κ1) is 11.2. The Morgan fingerprint density at radius 1 is 1.12 bits per heavy atom. The highest BCUT2D eigenvalue weighted by Crippen LogP contribution is 2.15. The molecule has 1 aliphatic heterocycles. The minimum atomic E-state index is -0.376. The molecule has 0 aromatic heterocycles. The first-order chi connectivity index (χ1) is 8.31. The SMILES string of the molecule is COC(=O)C1=CC=CC=C(c2ccccc2)N1. The summed E-state index contributed by atoms with van der Waals surface area (Å²) in [5.41, 5.74) is 2.32. The molecule has 3 nitrogen and oxygen atoms in total. The summed E-state index contributed by atoms with van der Waals surface area (Å²) in [4.78, 5) is 11.5. The van der Waals surface area contributed by atoms with E-state index in [-0.39, 0.29) is 5.97 Å². The molecule has 3 heteroatoms. The van der Waals surface area contributed by atoms with Gasteiger partial charge in [-0.15, -0.1) is 0 Å². The van der Waals surface area contributed by atoms with Crippen molar-refractivity contribution in [3.63, 3.8) is 0 Å². The second-order valence-electron chi connectivity index (χ2n) is 3.53. The zero-order valence-corrected chi connectivity index (χ0v) is 9.51. The Kier molecular flexibility index (Phi) is 3.40. The standard InChI is InChI=1S/C14H13NO2/c1-17-14(16)13-10-6-5-9-12(15-13)11-7-3-2-4-8-11/h2-10,15H,1H3. The number of esters is 1. The second-order valence-corrected chi connectivity index (χ2v) is 3.53. The molecule has 1 aromatic rings. The van der Waals surface area contributed by atoms with Crippen molar-refractivity contribution in [1.29, 1.82) is 0 Å². The third-order valence-corrected chi connectivity index (χ3v) is 2.40. The van der Waals surface area contributed by atoms with E-state index < -0.39 is 0 Å². The maximum absolute atomic E-state index is 11.5. The summed E-state index contributed by atoms with van der Waals surface area (Å²) in [6.07, 6.45) is 7.29. The van der Waals surface area contributed by atoms with E-state index in [9.17, 15) is 4.79 Å². The van der Waals surface area contributed by atoms with Crippen LogP contribution >= 0.6 is 0 Å². The number of carbonyl (C=O) groups is 1. The number of rotatable bonds is 2. The van der Waals surface area contributed by atoms with Crippen molar-refractivity contribution in [3.05, 3.63) is 65.9 Å². The Bertz CT molecular complexity index is 498. The van der Waals surface area contributed by atoms with Crippen molar-refractivity contribution in [2.24, 2.45) is 0 Å². The lowest BCUT2D eigenvalue weighted by atomic mass is 10.1. The number of hydrogen-bond donors (Lipinski definition) is 1. The topological polar surface area (TPSA) is 38.3 Å². The van der Waals surface area contributed by atoms with Gasteiger partial charge in [0.25, 0.3) is 0 Å². The van der Waals surface area contributed by atoms with Gasteiger partial charge in [-0.2, -0.15) is 0 Å². The number of benzene rings is 1. The molecule has 0 fully saturated rings. The predicted octanol–water partition coefficient (Wildman–Crippen LogP) is 2.24. The van der Waals surface area contributed by atoms with Crippen molar-refractivity contribution in [2.45, 2.75) is 0 Å². The maximum Gasteiger partial charge on any atom is 0.354 e. The molecular formula is C14H13NO2. The lowest BCUT2D eigenvalue weighted by Gasteiger charge is -2.11. The van der Waals surface area contributed by atoms with Crippen LogP contribution in [-0.4, -0.2) is 13.1 Å². The largest absolute Gasteiger partial charge is 0.464 e. The minimum Gasteiger partial charge on any atom is -0.464 e. The third-order valence-electron chi connectivity index (χ3n) is 2.40. The average molecular weight is 227 g/mol. The van der Waals surface area contributed by atoms with Crippen molar-refractivity contribution in [2.75, 3.05) is 7.11 Å². The first-order valence-corrected chi connectivity index (χ1v) is 5.30. The lowest BCUT2D eigenvalue weighted by Crippen LogP contribution is -2.19. The van der Waals surface area contributed by atoms with E-state index in [0.717, 1.165) is 11.3 Å². The van der Waals surface area contributed by atoms with Gasteiger partial charge in [-0.25, -0.2) is 4.79 Å². The molecule has 0 saturated heterocycles. The number of ether oxygens (including phenoxy) is 1. The molecule has 0 aliphatic carbocycles. The van der Waals surface area contributed by atoms with Gasteiger partial charge in [0.05, 0.1) is 7.11 Å². The van der Waals surface area contributed by atoms with Gasteiger partial charge in [0, 0.05) is 5.70 Å². The van der Waals surface area contributed by atoms with Crippen LogP contribution in [0.1, 0.15) is 5.56 Å². The monoisotopic (exact) mass is 227 g/mol. The van der Waals surface area contributed by atoms with Crippen LogP contribution in [0, 0.1) is 0 Å². The van der Waals surface area contributed by atoms with E-state index in [4.69, 9.17) is 4.74 Å². The van der Waals surface area contributed by atoms with Crippen LogP contribution in [0.5, 0.6) is 0 Å². The molecular weight excluding hydrogens is 214 g/mol. The van der Waals surface area contributed by atoms with E-state index in [1.807, 2.05) is 42.5 Å². The summed E-state index contributed by atoms with van der Waals surface area (Å²) >= 11 is 0. The highest BCUT2D eigenvalue weighted by Gasteiger charge is 2.12. The average Bonchev–Trinajstić information content (AvgIpc) is 2.64. The van der Waals surface area contributed by atoms with Gasteiger partial charge in [0.15, 0.2) is 0 Å². The van der Waals surface area contributed by atoms with E-state index in [1.165, 1.54) is 7.11 Å². The molecule has 1 N–H and O–H groups in total. The van der Waals surface area contributed by atoms with Crippen molar-refractivity contribution in [1.82, 2.24) is 5.32 Å². The summed E-state index contributed by atoms with van der Waals surface area (Å²) < 4.78 is 4.70. The first-order valence-electron chi connectivity index (χ1n) is 5.30. The molecule has 0 saturated carbocycles. The molecule has 17 heavy (non-hydrogen) atoms. The predicted molar refractivity (Wildman–Crippen MR) is 66.8 cm³/mol. The molecule has 2 rings (SSSR count). The zero-order valence-electron chi connectivity index (χ0n) is 9.51. The second kappa shape index (κ2) is 5.16. The Balaban J connectivity index is 2.27. The van der Waals surface area contributed by atoms with Gasteiger partial charge in [-0.1, -0.05) is 42.5 Å². The van der Waals surface area contributed by atoms with Gasteiger partial charge in [0.1, 0.15) is 5.70 Å². The molecule has 86 valence electrons. The molecule has 0 radical (unpaired) electrons. The normalized spacial score (nSPS) is 14.2. The summed E-state index contributed by atoms with van der Waals surface area (Å²) in [6.45, 7) is 0. The Morgan fingerprint density at radius 2 is 1.82 bits per heavy atom. The third kappa shape index (κ3) is 2.64. The molecule has 1 aliphatic rings. The molecule has 1 aromatic carbocycles. The summed E-state index contributed by atoms with van der Waals surface area (Å²) in [5.74, 6) is -0.376. The molecule has 0 bridgehead atoms. The molecule has 0 amide bonds. The molecule has 0 unspecified atom stereocenters. The fraction of sp³-hybridized carbons (Fsp3) is 0.0714. The van der Waals surface area contributed by atoms with Crippen molar-refractivity contribution in [3.8, 4) is 0 Å². The summed E-state index contributed by atoms with van der Waals surface area (Å²) in [6, 6.07) is 9.81. The lowest BCUT2D eigenvalue weighted by molar-refractivity contribution is -0.136. The number of nitrogens with one attached hydrogen (secondary N) is 1. The van der Waals surface area contributed by atoms with Crippen LogP contribution in [0.2, 0.25) is 0 Å². The van der Waals surface area contributed by atoms with Crippen LogP contribution in [-0.2, 0) is 9.53 Å². The van der Waals surface area contributed by atoms with Crippen LogP contribution in [0.15, 0.2) is 60.3 Å². The Morgan fingerprint density at radius 3 is 2.53 bits per heavy atom. The molecule has 1 heterocycles. The highest BCUT2D eigenvalue weighted by molar-refractivity contribution is 5.91. The molecule has 0 spiro atoms. The van der Waals surface area contributed by atoms with Crippen LogP contribution in [0.4, 0.5) is 0 Å². The van der Waals surface area contributed by atoms with Gasteiger partial charge < -0.3 is 10.1 Å². The fourth-order valence-corrected chi connectivity index (χ4v) is 1.55. The number of methoxy groups -OCH3 is 1. The van der Waals surface area contributed by atoms with Gasteiger partial charge in [-0.05, 0) is 17.7 Å². The number of carbonyl (C=O) groups excluding carboxylic acids is 1. The van der Waals surface area contributed by atoms with Crippen LogP contribution in [0.25, 0.3) is 5.70 Å². The van der Waals surface area contributed by atoms with Crippen LogP contribution in [0.3, 0.4) is 0 Å². The Hall–Kier alpha value is -2.29. The molecule has 0 atom stereocenters. The maximum atomic E-state index is 11.5. The summed E-state index contributed by atoms with van der Waals surface area (Å²) in [7, 11) is 1.37. The van der Waals surface area contributed by atoms with Crippen molar-refractivity contribution >= 4 is 11.7 Å². The smallest absolute Gasteiger partial charge is 0.354 e. The van der Waals surface area contributed by atoms with Gasteiger partial charge in [0.2, 0.25) is 0 Å². The number of hydrogen-bond acceptors (Lipinski definition) is 3. The zero-order chi connectivity index (χ0) is 12.1. The van der Waals surface area contributed by atoms with Crippen molar-refractivity contribution < 1.29 is 9.53 Å². The van der Waals surface area contributed by atoms with Crippen LogP contribution < -0.4 is 5.32 Å². The quantitative estimate of drug-likeness (QED) is 0.787. The van der Waals surface area contributed by atoms with E-state index >= 15 is 0 Å².